The standard InChI is InChI=1S/C12H15BrN2O/c1-9(3-2-6-16)15-12-5-4-11(13)7-10(12)8-14/h4-5,7,9,15-16H,2-3,6H2,1H3. The van der Waals surface area contributed by atoms with E-state index in [0.717, 1.165) is 23.0 Å². The quantitative estimate of drug-likeness (QED) is 0.873. The lowest BCUT2D eigenvalue weighted by Gasteiger charge is -2.15. The number of nitriles is 1. The lowest BCUT2D eigenvalue weighted by atomic mass is 10.1. The zero-order chi connectivity index (χ0) is 12.0. The zero-order valence-corrected chi connectivity index (χ0v) is 10.8. The van der Waals surface area contributed by atoms with Crippen LogP contribution >= 0.6 is 15.9 Å². The predicted molar refractivity (Wildman–Crippen MR) is 68.3 cm³/mol. The molecule has 0 radical (unpaired) electrons. The first-order valence-corrected chi connectivity index (χ1v) is 6.03. The summed E-state index contributed by atoms with van der Waals surface area (Å²) in [6.07, 6.45) is 1.66. The molecule has 0 aliphatic carbocycles. The van der Waals surface area contributed by atoms with Gasteiger partial charge in [-0.3, -0.25) is 0 Å². The third-order valence-corrected chi connectivity index (χ3v) is 2.79. The molecule has 16 heavy (non-hydrogen) atoms. The van der Waals surface area contributed by atoms with Gasteiger partial charge < -0.3 is 10.4 Å². The smallest absolute Gasteiger partial charge is 0.101 e. The highest BCUT2D eigenvalue weighted by Crippen LogP contribution is 2.21. The topological polar surface area (TPSA) is 56.0 Å². The van der Waals surface area contributed by atoms with Crippen LogP contribution < -0.4 is 5.32 Å². The average Bonchev–Trinajstić information content (AvgIpc) is 2.28. The van der Waals surface area contributed by atoms with E-state index in [9.17, 15) is 0 Å². The van der Waals surface area contributed by atoms with Crippen LogP contribution in [0, 0.1) is 11.3 Å². The van der Waals surface area contributed by atoms with Crippen molar-refractivity contribution in [3.05, 3.63) is 28.2 Å². The minimum atomic E-state index is 0.206. The van der Waals surface area contributed by atoms with Crippen molar-refractivity contribution >= 4 is 21.6 Å². The van der Waals surface area contributed by atoms with Crippen LogP contribution in [0.3, 0.4) is 0 Å². The second-order valence-electron chi connectivity index (χ2n) is 3.71. The maximum atomic E-state index is 8.98. The number of aliphatic hydroxyl groups is 1. The molecule has 86 valence electrons. The van der Waals surface area contributed by atoms with Gasteiger partial charge in [-0.2, -0.15) is 5.26 Å². The minimum Gasteiger partial charge on any atom is -0.396 e. The van der Waals surface area contributed by atoms with Crippen molar-refractivity contribution < 1.29 is 5.11 Å². The number of nitrogens with zero attached hydrogens (tertiary/aromatic N) is 1. The van der Waals surface area contributed by atoms with Gasteiger partial charge in [0.1, 0.15) is 6.07 Å². The molecule has 0 amide bonds. The normalized spacial score (nSPS) is 11.9. The summed E-state index contributed by atoms with van der Waals surface area (Å²) < 4.78 is 0.901. The molecule has 1 aromatic rings. The van der Waals surface area contributed by atoms with Gasteiger partial charge in [0.25, 0.3) is 0 Å². The Labute approximate surface area is 104 Å². The van der Waals surface area contributed by atoms with E-state index in [1.54, 1.807) is 6.07 Å². The maximum Gasteiger partial charge on any atom is 0.101 e. The van der Waals surface area contributed by atoms with Crippen molar-refractivity contribution in [1.82, 2.24) is 0 Å². The van der Waals surface area contributed by atoms with Gasteiger partial charge in [0.2, 0.25) is 0 Å². The maximum absolute atomic E-state index is 8.98. The van der Waals surface area contributed by atoms with E-state index in [2.05, 4.69) is 27.3 Å². The zero-order valence-electron chi connectivity index (χ0n) is 9.20. The summed E-state index contributed by atoms with van der Waals surface area (Å²) in [5.41, 5.74) is 1.47. The lowest BCUT2D eigenvalue weighted by Crippen LogP contribution is -2.16. The van der Waals surface area contributed by atoms with Gasteiger partial charge in [-0.15, -0.1) is 0 Å². The molecule has 1 unspecified atom stereocenters. The van der Waals surface area contributed by atoms with Crippen LogP contribution in [0.25, 0.3) is 0 Å². The SMILES string of the molecule is CC(CCCO)Nc1ccc(Br)cc1C#N. The molecule has 0 fully saturated rings. The number of hydrogen-bond acceptors (Lipinski definition) is 3. The average molecular weight is 283 g/mol. The molecule has 0 heterocycles. The Balaban J connectivity index is 2.70. The molecule has 4 heteroatoms. The van der Waals surface area contributed by atoms with Gasteiger partial charge in [0.05, 0.1) is 11.3 Å². The summed E-state index contributed by atoms with van der Waals surface area (Å²) in [6, 6.07) is 7.99. The first kappa shape index (κ1) is 13.0. The largest absolute Gasteiger partial charge is 0.396 e. The molecule has 0 aromatic heterocycles. The Kier molecular flexibility index (Phi) is 5.30. The summed E-state index contributed by atoms with van der Waals surface area (Å²) in [5.74, 6) is 0. The highest BCUT2D eigenvalue weighted by molar-refractivity contribution is 9.10. The number of hydrogen-bond donors (Lipinski definition) is 2. The summed E-state index contributed by atoms with van der Waals surface area (Å²) in [6.45, 7) is 2.25. The van der Waals surface area contributed by atoms with Crippen LogP contribution in [0.15, 0.2) is 22.7 Å². The van der Waals surface area contributed by atoms with Crippen LogP contribution in [0.2, 0.25) is 0 Å². The van der Waals surface area contributed by atoms with E-state index >= 15 is 0 Å². The third kappa shape index (κ3) is 3.84. The van der Waals surface area contributed by atoms with Crippen LogP contribution in [0.1, 0.15) is 25.3 Å². The van der Waals surface area contributed by atoms with Crippen LogP contribution in [-0.2, 0) is 0 Å². The van der Waals surface area contributed by atoms with E-state index in [4.69, 9.17) is 10.4 Å². The Morgan fingerprint density at radius 2 is 2.31 bits per heavy atom. The lowest BCUT2D eigenvalue weighted by molar-refractivity contribution is 0.282. The molecule has 0 aliphatic heterocycles. The fourth-order valence-electron chi connectivity index (χ4n) is 1.47. The molecule has 0 spiro atoms. The van der Waals surface area contributed by atoms with Gasteiger partial charge in [-0.1, -0.05) is 15.9 Å². The number of halogens is 1. The van der Waals surface area contributed by atoms with Gasteiger partial charge in [0.15, 0.2) is 0 Å². The number of rotatable bonds is 5. The first-order valence-electron chi connectivity index (χ1n) is 5.24. The summed E-state index contributed by atoms with van der Waals surface area (Å²) in [5, 5.41) is 21.0. The molecular formula is C12H15BrN2O. The van der Waals surface area contributed by atoms with Crippen molar-refractivity contribution in [2.24, 2.45) is 0 Å². The molecular weight excluding hydrogens is 268 g/mol. The van der Waals surface area contributed by atoms with E-state index in [0.29, 0.717) is 5.56 Å². The number of nitrogens with one attached hydrogen (secondary N) is 1. The Morgan fingerprint density at radius 3 is 2.94 bits per heavy atom. The number of benzene rings is 1. The fourth-order valence-corrected chi connectivity index (χ4v) is 1.83. The Morgan fingerprint density at radius 1 is 1.56 bits per heavy atom. The van der Waals surface area contributed by atoms with Crippen LogP contribution in [0.5, 0.6) is 0 Å². The monoisotopic (exact) mass is 282 g/mol. The van der Waals surface area contributed by atoms with Gasteiger partial charge >= 0.3 is 0 Å². The highest BCUT2D eigenvalue weighted by Gasteiger charge is 2.06. The molecule has 2 N–H and O–H groups in total. The van der Waals surface area contributed by atoms with E-state index in [1.807, 2.05) is 19.1 Å². The molecule has 3 nitrogen and oxygen atoms in total. The molecule has 1 rings (SSSR count). The van der Waals surface area contributed by atoms with Crippen molar-refractivity contribution in [3.8, 4) is 6.07 Å². The van der Waals surface area contributed by atoms with E-state index in [-0.39, 0.29) is 12.6 Å². The van der Waals surface area contributed by atoms with Crippen molar-refractivity contribution in [3.63, 3.8) is 0 Å². The second kappa shape index (κ2) is 6.51. The second-order valence-corrected chi connectivity index (χ2v) is 4.63. The number of anilines is 1. The van der Waals surface area contributed by atoms with Gasteiger partial charge in [-0.05, 0) is 38.0 Å². The Bertz CT molecular complexity index is 387. The molecule has 0 bridgehead atoms. The van der Waals surface area contributed by atoms with Crippen LogP contribution in [-0.4, -0.2) is 17.8 Å². The van der Waals surface area contributed by atoms with E-state index in [1.165, 1.54) is 0 Å². The van der Waals surface area contributed by atoms with Gasteiger partial charge in [0, 0.05) is 17.1 Å². The predicted octanol–water partition coefficient (Wildman–Crippen LogP) is 2.89. The molecule has 0 aliphatic rings. The molecule has 1 aromatic carbocycles. The molecule has 0 saturated heterocycles. The first-order chi connectivity index (χ1) is 7.67. The van der Waals surface area contributed by atoms with Crippen molar-refractivity contribution in [1.29, 1.82) is 5.26 Å². The van der Waals surface area contributed by atoms with Crippen molar-refractivity contribution in [2.45, 2.75) is 25.8 Å². The molecule has 0 saturated carbocycles. The summed E-state index contributed by atoms with van der Waals surface area (Å²) in [4.78, 5) is 0. The third-order valence-electron chi connectivity index (χ3n) is 2.30. The highest BCUT2D eigenvalue weighted by atomic mass is 79.9. The number of aliphatic hydroxyl groups excluding tert-OH is 1. The summed E-state index contributed by atoms with van der Waals surface area (Å²) >= 11 is 3.33. The van der Waals surface area contributed by atoms with Crippen molar-refractivity contribution in [2.75, 3.05) is 11.9 Å². The molecule has 1 atom stereocenters. The van der Waals surface area contributed by atoms with Gasteiger partial charge in [-0.25, -0.2) is 0 Å². The summed E-state index contributed by atoms with van der Waals surface area (Å²) in [7, 11) is 0. The van der Waals surface area contributed by atoms with E-state index < -0.39 is 0 Å². The Hall–Kier alpha value is -1.05. The van der Waals surface area contributed by atoms with Crippen LogP contribution in [0.4, 0.5) is 5.69 Å². The fraction of sp³-hybridized carbons (Fsp3) is 0.417. The minimum absolute atomic E-state index is 0.206.